The van der Waals surface area contributed by atoms with Crippen LogP contribution in [0.5, 0.6) is 11.6 Å². The lowest BCUT2D eigenvalue weighted by atomic mass is 10.1. The summed E-state index contributed by atoms with van der Waals surface area (Å²) in [6.07, 6.45) is 1.41. The Morgan fingerprint density at radius 1 is 1.00 bits per heavy atom. The molecule has 7 nitrogen and oxygen atoms in total. The SMILES string of the molecule is CCOC(=O)c1cnc(-n2nc(C)cc2C)nc1Oc1ccc(-c2ccccc2)cc1. The molecule has 0 unspecified atom stereocenters. The first kappa shape index (κ1) is 20.3. The highest BCUT2D eigenvalue weighted by Crippen LogP contribution is 2.27. The van der Waals surface area contributed by atoms with Crippen LogP contribution in [-0.4, -0.2) is 32.3 Å². The van der Waals surface area contributed by atoms with E-state index in [9.17, 15) is 4.79 Å². The van der Waals surface area contributed by atoms with Gasteiger partial charge < -0.3 is 9.47 Å². The molecular formula is C24H22N4O3. The van der Waals surface area contributed by atoms with Gasteiger partial charge in [-0.2, -0.15) is 10.1 Å². The predicted octanol–water partition coefficient (Wildman–Crippen LogP) is 4.92. The Morgan fingerprint density at radius 2 is 1.71 bits per heavy atom. The Kier molecular flexibility index (Phi) is 5.75. The molecule has 0 radical (unpaired) electrons. The molecule has 0 amide bonds. The molecule has 0 N–H and O–H groups in total. The number of aromatic nitrogens is 4. The lowest BCUT2D eigenvalue weighted by Crippen LogP contribution is -2.12. The van der Waals surface area contributed by atoms with Crippen molar-refractivity contribution in [1.29, 1.82) is 0 Å². The van der Waals surface area contributed by atoms with Gasteiger partial charge in [0.2, 0.25) is 5.88 Å². The van der Waals surface area contributed by atoms with Gasteiger partial charge in [0.05, 0.1) is 18.5 Å². The maximum atomic E-state index is 12.4. The van der Waals surface area contributed by atoms with Crippen LogP contribution in [0, 0.1) is 13.8 Å². The summed E-state index contributed by atoms with van der Waals surface area (Å²) in [5.74, 6) is 0.430. The van der Waals surface area contributed by atoms with Crippen molar-refractivity contribution in [2.24, 2.45) is 0 Å². The Hall–Kier alpha value is -4.00. The summed E-state index contributed by atoms with van der Waals surface area (Å²) >= 11 is 0. The van der Waals surface area contributed by atoms with E-state index < -0.39 is 5.97 Å². The zero-order valence-electron chi connectivity index (χ0n) is 17.6. The quantitative estimate of drug-likeness (QED) is 0.417. The maximum Gasteiger partial charge on any atom is 0.345 e. The second-order valence-electron chi connectivity index (χ2n) is 6.94. The molecule has 2 heterocycles. The van der Waals surface area contributed by atoms with Crippen molar-refractivity contribution >= 4 is 5.97 Å². The van der Waals surface area contributed by atoms with Gasteiger partial charge in [0.1, 0.15) is 11.3 Å². The summed E-state index contributed by atoms with van der Waals surface area (Å²) in [6.45, 7) is 5.78. The van der Waals surface area contributed by atoms with Gasteiger partial charge in [-0.3, -0.25) is 0 Å². The Morgan fingerprint density at radius 3 is 2.35 bits per heavy atom. The first-order valence-corrected chi connectivity index (χ1v) is 9.96. The zero-order valence-corrected chi connectivity index (χ0v) is 17.6. The minimum atomic E-state index is -0.543. The highest BCUT2D eigenvalue weighted by Gasteiger charge is 2.20. The number of esters is 1. The van der Waals surface area contributed by atoms with Gasteiger partial charge in [0.15, 0.2) is 0 Å². The summed E-state index contributed by atoms with van der Waals surface area (Å²) in [6, 6.07) is 19.6. The molecular weight excluding hydrogens is 392 g/mol. The van der Waals surface area contributed by atoms with E-state index in [4.69, 9.17) is 9.47 Å². The summed E-state index contributed by atoms with van der Waals surface area (Å²) in [4.78, 5) is 21.2. The molecule has 2 aromatic carbocycles. The third kappa shape index (κ3) is 4.45. The van der Waals surface area contributed by atoms with E-state index in [0.717, 1.165) is 22.5 Å². The second kappa shape index (κ2) is 8.79. The average Bonchev–Trinajstić information content (AvgIpc) is 3.13. The number of carbonyl (C=O) groups is 1. The van der Waals surface area contributed by atoms with Crippen molar-refractivity contribution in [3.8, 4) is 28.7 Å². The summed E-state index contributed by atoms with van der Waals surface area (Å²) in [7, 11) is 0. The number of aryl methyl sites for hydroxylation is 2. The van der Waals surface area contributed by atoms with Crippen LogP contribution in [0.15, 0.2) is 66.9 Å². The van der Waals surface area contributed by atoms with Crippen molar-refractivity contribution in [2.45, 2.75) is 20.8 Å². The fourth-order valence-electron chi connectivity index (χ4n) is 3.18. The first-order valence-electron chi connectivity index (χ1n) is 9.96. The van der Waals surface area contributed by atoms with Crippen molar-refractivity contribution in [2.75, 3.05) is 6.61 Å². The van der Waals surface area contributed by atoms with E-state index in [1.807, 2.05) is 74.5 Å². The van der Waals surface area contributed by atoms with Crippen LogP contribution in [0.25, 0.3) is 17.1 Å². The van der Waals surface area contributed by atoms with Crippen LogP contribution in [0.4, 0.5) is 0 Å². The average molecular weight is 414 g/mol. The normalized spacial score (nSPS) is 10.7. The molecule has 0 aliphatic rings. The number of hydrogen-bond acceptors (Lipinski definition) is 6. The monoisotopic (exact) mass is 414 g/mol. The van der Waals surface area contributed by atoms with Gasteiger partial charge in [-0.25, -0.2) is 14.5 Å². The van der Waals surface area contributed by atoms with E-state index in [0.29, 0.717) is 11.7 Å². The van der Waals surface area contributed by atoms with Crippen molar-refractivity contribution in [3.05, 3.63) is 83.8 Å². The zero-order chi connectivity index (χ0) is 21.8. The van der Waals surface area contributed by atoms with Crippen LogP contribution < -0.4 is 4.74 Å². The molecule has 2 aromatic heterocycles. The minimum absolute atomic E-state index is 0.114. The van der Waals surface area contributed by atoms with E-state index in [-0.39, 0.29) is 18.1 Å². The number of ether oxygens (including phenoxy) is 2. The topological polar surface area (TPSA) is 79.1 Å². The lowest BCUT2D eigenvalue weighted by molar-refractivity contribution is 0.0522. The Balaban J connectivity index is 1.68. The van der Waals surface area contributed by atoms with E-state index in [2.05, 4.69) is 15.1 Å². The molecule has 4 rings (SSSR count). The maximum absolute atomic E-state index is 12.4. The molecule has 31 heavy (non-hydrogen) atoms. The van der Waals surface area contributed by atoms with Crippen LogP contribution >= 0.6 is 0 Å². The van der Waals surface area contributed by atoms with Crippen molar-refractivity contribution in [3.63, 3.8) is 0 Å². The first-order chi connectivity index (χ1) is 15.0. The molecule has 0 bridgehead atoms. The highest BCUT2D eigenvalue weighted by molar-refractivity contribution is 5.91. The molecule has 0 aliphatic carbocycles. The number of benzene rings is 2. The van der Waals surface area contributed by atoms with Gasteiger partial charge in [-0.05, 0) is 50.1 Å². The summed E-state index contributed by atoms with van der Waals surface area (Å²) in [5, 5.41) is 4.40. The summed E-state index contributed by atoms with van der Waals surface area (Å²) < 4.78 is 12.7. The van der Waals surface area contributed by atoms with Gasteiger partial charge in [0, 0.05) is 5.69 Å². The third-order valence-electron chi connectivity index (χ3n) is 4.61. The molecule has 0 aliphatic heterocycles. The van der Waals surface area contributed by atoms with Crippen LogP contribution in [0.3, 0.4) is 0 Å². The molecule has 156 valence electrons. The van der Waals surface area contributed by atoms with Crippen LogP contribution in [0.1, 0.15) is 28.7 Å². The lowest BCUT2D eigenvalue weighted by Gasteiger charge is -2.12. The molecule has 0 saturated heterocycles. The molecule has 0 saturated carbocycles. The minimum Gasteiger partial charge on any atom is -0.462 e. The molecule has 7 heteroatoms. The van der Waals surface area contributed by atoms with E-state index >= 15 is 0 Å². The van der Waals surface area contributed by atoms with Gasteiger partial charge >= 0.3 is 5.97 Å². The molecule has 4 aromatic rings. The number of hydrogen-bond donors (Lipinski definition) is 0. The fourth-order valence-corrected chi connectivity index (χ4v) is 3.18. The van der Waals surface area contributed by atoms with Crippen LogP contribution in [-0.2, 0) is 4.74 Å². The Labute approximate surface area is 180 Å². The Bertz CT molecular complexity index is 1200. The molecule has 0 spiro atoms. The largest absolute Gasteiger partial charge is 0.462 e. The summed E-state index contributed by atoms with van der Waals surface area (Å²) in [5.41, 5.74) is 4.04. The highest BCUT2D eigenvalue weighted by atomic mass is 16.5. The number of nitrogens with zero attached hydrogens (tertiary/aromatic N) is 4. The number of rotatable bonds is 6. The van der Waals surface area contributed by atoms with Gasteiger partial charge in [-0.1, -0.05) is 42.5 Å². The van der Waals surface area contributed by atoms with Crippen molar-refractivity contribution in [1.82, 2.24) is 19.7 Å². The van der Waals surface area contributed by atoms with Crippen molar-refractivity contribution < 1.29 is 14.3 Å². The molecule has 0 fully saturated rings. The van der Waals surface area contributed by atoms with Crippen LogP contribution in [0.2, 0.25) is 0 Å². The smallest absolute Gasteiger partial charge is 0.345 e. The van der Waals surface area contributed by atoms with Gasteiger partial charge in [-0.15, -0.1) is 0 Å². The fraction of sp³-hybridized carbons (Fsp3) is 0.167. The standard InChI is InChI=1S/C24H22N4O3/c1-4-30-23(29)21-15-25-24(28-17(3)14-16(2)27-28)26-22(21)31-20-12-10-19(11-13-20)18-8-6-5-7-9-18/h5-15H,4H2,1-3H3. The van der Waals surface area contributed by atoms with Gasteiger partial charge in [0.25, 0.3) is 5.95 Å². The number of carbonyl (C=O) groups excluding carboxylic acids is 1. The van der Waals surface area contributed by atoms with E-state index in [1.54, 1.807) is 11.6 Å². The third-order valence-corrected chi connectivity index (χ3v) is 4.61. The second-order valence-corrected chi connectivity index (χ2v) is 6.94. The van der Waals surface area contributed by atoms with E-state index in [1.165, 1.54) is 6.20 Å². The predicted molar refractivity (Wildman–Crippen MR) is 117 cm³/mol. The molecule has 0 atom stereocenters.